The number of aromatic nitrogens is 1. The average Bonchev–Trinajstić information content (AvgIpc) is 2.28. The predicted octanol–water partition coefficient (Wildman–Crippen LogP) is 0.250. The Morgan fingerprint density at radius 2 is 2.40 bits per heavy atom. The topological polar surface area (TPSA) is 85.4 Å². The van der Waals surface area contributed by atoms with Gasteiger partial charge in [0.15, 0.2) is 0 Å². The Kier molecular flexibility index (Phi) is 4.20. The van der Waals surface area contributed by atoms with Crippen molar-refractivity contribution in [1.29, 1.82) is 0 Å². The number of methoxy groups -OCH3 is 1. The number of carbonyl (C=O) groups excluding carboxylic acids is 1. The first-order valence-electron chi connectivity index (χ1n) is 4.61. The number of nitrogens with two attached hydrogens (primary N) is 1. The molecule has 0 spiro atoms. The first kappa shape index (κ1) is 11.6. The Morgan fingerprint density at radius 1 is 1.67 bits per heavy atom. The molecule has 0 unspecified atom stereocenters. The van der Waals surface area contributed by atoms with Gasteiger partial charge in [-0.15, -0.1) is 0 Å². The molecule has 1 atom stereocenters. The van der Waals surface area contributed by atoms with Crippen molar-refractivity contribution >= 4 is 5.97 Å². The van der Waals surface area contributed by atoms with E-state index in [2.05, 4.69) is 9.72 Å². The second kappa shape index (κ2) is 5.43. The van der Waals surface area contributed by atoms with E-state index in [1.807, 2.05) is 0 Å². The third kappa shape index (κ3) is 3.00. The van der Waals surface area contributed by atoms with Crippen LogP contribution >= 0.6 is 0 Å². The van der Waals surface area contributed by atoms with Gasteiger partial charge in [-0.2, -0.15) is 0 Å². The summed E-state index contributed by atoms with van der Waals surface area (Å²) in [5.74, 6) is -0.442. The number of aliphatic hydroxyl groups excluding tert-OH is 1. The number of carbonyl (C=O) groups is 1. The smallest absolute Gasteiger partial charge is 0.339 e. The Morgan fingerprint density at radius 3 is 2.87 bits per heavy atom. The second-order valence-electron chi connectivity index (χ2n) is 3.06. The van der Waals surface area contributed by atoms with Gasteiger partial charge < -0.3 is 15.6 Å². The van der Waals surface area contributed by atoms with Crippen LogP contribution in [0.3, 0.4) is 0 Å². The van der Waals surface area contributed by atoms with E-state index in [0.717, 1.165) is 0 Å². The molecule has 0 aliphatic heterocycles. The lowest BCUT2D eigenvalue weighted by atomic mass is 10.1. The Bertz CT molecular complexity index is 324. The zero-order chi connectivity index (χ0) is 11.3. The largest absolute Gasteiger partial charge is 0.465 e. The van der Waals surface area contributed by atoms with Crippen molar-refractivity contribution in [3.05, 3.63) is 29.6 Å². The van der Waals surface area contributed by atoms with Crippen LogP contribution in [0.15, 0.2) is 18.3 Å². The molecular weight excluding hydrogens is 196 g/mol. The van der Waals surface area contributed by atoms with Crippen molar-refractivity contribution in [2.45, 2.75) is 12.5 Å². The van der Waals surface area contributed by atoms with E-state index in [-0.39, 0.29) is 0 Å². The summed E-state index contributed by atoms with van der Waals surface area (Å²) >= 11 is 0. The first-order valence-corrected chi connectivity index (χ1v) is 4.61. The SMILES string of the molecule is COC(=O)c1ccc([C@@H](O)CCN)nc1. The molecule has 0 radical (unpaired) electrons. The molecule has 5 heteroatoms. The van der Waals surface area contributed by atoms with Crippen molar-refractivity contribution in [1.82, 2.24) is 4.98 Å². The molecule has 1 aromatic rings. The molecule has 0 aliphatic carbocycles. The fraction of sp³-hybridized carbons (Fsp3) is 0.400. The van der Waals surface area contributed by atoms with Gasteiger partial charge in [-0.25, -0.2) is 4.79 Å². The quantitative estimate of drug-likeness (QED) is 0.696. The van der Waals surface area contributed by atoms with Gasteiger partial charge in [0, 0.05) is 6.20 Å². The summed E-state index contributed by atoms with van der Waals surface area (Å²) in [6.45, 7) is 0.390. The van der Waals surface area contributed by atoms with E-state index < -0.39 is 12.1 Å². The van der Waals surface area contributed by atoms with E-state index in [4.69, 9.17) is 5.73 Å². The van der Waals surface area contributed by atoms with Crippen LogP contribution in [0.25, 0.3) is 0 Å². The van der Waals surface area contributed by atoms with Gasteiger partial charge in [0.05, 0.1) is 24.5 Å². The monoisotopic (exact) mass is 210 g/mol. The average molecular weight is 210 g/mol. The molecule has 82 valence electrons. The van der Waals surface area contributed by atoms with Crippen LogP contribution in [0.2, 0.25) is 0 Å². The lowest BCUT2D eigenvalue weighted by Crippen LogP contribution is -2.09. The maximum Gasteiger partial charge on any atom is 0.339 e. The molecule has 1 heterocycles. The first-order chi connectivity index (χ1) is 7.19. The summed E-state index contributed by atoms with van der Waals surface area (Å²) in [5, 5.41) is 9.55. The molecular formula is C10H14N2O3. The third-order valence-corrected chi connectivity index (χ3v) is 1.99. The van der Waals surface area contributed by atoms with E-state index in [0.29, 0.717) is 24.2 Å². The lowest BCUT2D eigenvalue weighted by Gasteiger charge is -2.08. The van der Waals surface area contributed by atoms with Crippen LogP contribution in [-0.2, 0) is 4.74 Å². The zero-order valence-electron chi connectivity index (χ0n) is 8.51. The molecule has 3 N–H and O–H groups in total. The highest BCUT2D eigenvalue weighted by atomic mass is 16.5. The van der Waals surface area contributed by atoms with Gasteiger partial charge in [0.1, 0.15) is 0 Å². The van der Waals surface area contributed by atoms with Crippen molar-refractivity contribution in [2.24, 2.45) is 5.73 Å². The fourth-order valence-electron chi connectivity index (χ4n) is 1.15. The maximum absolute atomic E-state index is 11.1. The van der Waals surface area contributed by atoms with Gasteiger partial charge in [-0.1, -0.05) is 0 Å². The van der Waals surface area contributed by atoms with E-state index in [1.165, 1.54) is 13.3 Å². The number of ether oxygens (including phenoxy) is 1. The molecule has 1 aromatic heterocycles. The molecule has 0 amide bonds. The number of rotatable bonds is 4. The van der Waals surface area contributed by atoms with Crippen molar-refractivity contribution in [3.8, 4) is 0 Å². The summed E-state index contributed by atoms with van der Waals surface area (Å²) in [7, 11) is 1.31. The van der Waals surface area contributed by atoms with Crippen molar-refractivity contribution in [3.63, 3.8) is 0 Å². The molecule has 0 aliphatic rings. The summed E-state index contributed by atoms with van der Waals surface area (Å²) in [5.41, 5.74) is 6.17. The van der Waals surface area contributed by atoms with E-state index in [1.54, 1.807) is 12.1 Å². The lowest BCUT2D eigenvalue weighted by molar-refractivity contribution is 0.0600. The summed E-state index contributed by atoms with van der Waals surface area (Å²) in [6, 6.07) is 3.15. The number of aliphatic hydroxyl groups is 1. The van der Waals surface area contributed by atoms with Crippen LogP contribution in [0.5, 0.6) is 0 Å². The minimum Gasteiger partial charge on any atom is -0.465 e. The zero-order valence-corrected chi connectivity index (χ0v) is 8.51. The van der Waals surface area contributed by atoms with Gasteiger partial charge in [-0.05, 0) is 25.1 Å². The Labute approximate surface area is 87.9 Å². The van der Waals surface area contributed by atoms with E-state index >= 15 is 0 Å². The minimum absolute atomic E-state index is 0.362. The third-order valence-electron chi connectivity index (χ3n) is 1.99. The van der Waals surface area contributed by atoms with Crippen molar-refractivity contribution < 1.29 is 14.6 Å². The van der Waals surface area contributed by atoms with Gasteiger partial charge in [0.2, 0.25) is 0 Å². The second-order valence-corrected chi connectivity index (χ2v) is 3.06. The number of nitrogens with zero attached hydrogens (tertiary/aromatic N) is 1. The minimum atomic E-state index is -0.679. The van der Waals surface area contributed by atoms with Gasteiger partial charge in [-0.3, -0.25) is 4.98 Å². The summed E-state index contributed by atoms with van der Waals surface area (Å²) < 4.78 is 4.52. The van der Waals surface area contributed by atoms with Gasteiger partial charge >= 0.3 is 5.97 Å². The van der Waals surface area contributed by atoms with Crippen molar-refractivity contribution in [2.75, 3.05) is 13.7 Å². The number of esters is 1. The van der Waals surface area contributed by atoms with E-state index in [9.17, 15) is 9.90 Å². The molecule has 15 heavy (non-hydrogen) atoms. The molecule has 0 fully saturated rings. The van der Waals surface area contributed by atoms with Crippen LogP contribution in [-0.4, -0.2) is 29.7 Å². The van der Waals surface area contributed by atoms with Crippen LogP contribution < -0.4 is 5.73 Å². The maximum atomic E-state index is 11.1. The molecule has 0 bridgehead atoms. The highest BCUT2D eigenvalue weighted by molar-refractivity contribution is 5.88. The molecule has 0 saturated carbocycles. The number of hydrogen-bond acceptors (Lipinski definition) is 5. The van der Waals surface area contributed by atoms with Gasteiger partial charge in [0.25, 0.3) is 0 Å². The highest BCUT2D eigenvalue weighted by Gasteiger charge is 2.10. The Hall–Kier alpha value is -1.46. The predicted molar refractivity (Wildman–Crippen MR) is 54.2 cm³/mol. The molecule has 0 saturated heterocycles. The van der Waals surface area contributed by atoms with Crippen LogP contribution in [0.4, 0.5) is 0 Å². The van der Waals surface area contributed by atoms with Crippen LogP contribution in [0, 0.1) is 0 Å². The normalized spacial score (nSPS) is 12.2. The molecule has 0 aromatic carbocycles. The summed E-state index contributed by atoms with van der Waals surface area (Å²) in [6.07, 6.45) is 1.15. The standard InChI is InChI=1S/C10H14N2O3/c1-15-10(14)7-2-3-8(12-6-7)9(13)4-5-11/h2-3,6,9,13H,4-5,11H2,1H3/t9-/m0/s1. The number of hydrogen-bond donors (Lipinski definition) is 2. The summed E-state index contributed by atoms with van der Waals surface area (Å²) in [4.78, 5) is 15.0. The number of pyridine rings is 1. The molecule has 1 rings (SSSR count). The van der Waals surface area contributed by atoms with Crippen LogP contribution in [0.1, 0.15) is 28.6 Å². The molecule has 5 nitrogen and oxygen atoms in total. The highest BCUT2D eigenvalue weighted by Crippen LogP contribution is 2.13. The Balaban J connectivity index is 2.76. The fourth-order valence-corrected chi connectivity index (χ4v) is 1.15.